The van der Waals surface area contributed by atoms with E-state index in [1.165, 1.54) is 11.1 Å². The molecule has 5 heteroatoms. The van der Waals surface area contributed by atoms with Gasteiger partial charge in [-0.3, -0.25) is 0 Å². The molecular weight excluding hydrogens is 300 g/mol. The molecule has 1 fully saturated rings. The highest BCUT2D eigenvalue weighted by Crippen LogP contribution is 2.09. The van der Waals surface area contributed by atoms with Crippen LogP contribution >= 0.6 is 0 Å². The van der Waals surface area contributed by atoms with Crippen LogP contribution in [0.1, 0.15) is 37.3 Å². The summed E-state index contributed by atoms with van der Waals surface area (Å²) in [5, 5.41) is 16.2. The number of aliphatic hydroxyl groups is 1. The molecular formula is C19H32N4O. The lowest BCUT2D eigenvalue weighted by Crippen LogP contribution is -2.40. The van der Waals surface area contributed by atoms with Crippen molar-refractivity contribution in [3.8, 4) is 0 Å². The van der Waals surface area contributed by atoms with Gasteiger partial charge in [0.25, 0.3) is 0 Å². The molecule has 1 saturated heterocycles. The average Bonchev–Trinajstić information content (AvgIpc) is 2.59. The number of likely N-dealkylation sites (tertiary alicyclic amines) is 1. The minimum absolute atomic E-state index is 0.0892. The van der Waals surface area contributed by atoms with Crippen LogP contribution in [0.5, 0.6) is 0 Å². The van der Waals surface area contributed by atoms with Gasteiger partial charge in [0.15, 0.2) is 5.96 Å². The van der Waals surface area contributed by atoms with Crippen LogP contribution in [-0.4, -0.2) is 54.8 Å². The molecule has 0 radical (unpaired) electrons. The van der Waals surface area contributed by atoms with Crippen molar-refractivity contribution in [2.24, 2.45) is 4.99 Å². The Morgan fingerprint density at radius 1 is 1.21 bits per heavy atom. The Bertz CT molecular complexity index is 493. The molecule has 1 aliphatic rings. The smallest absolute Gasteiger partial charge is 0.191 e. The fourth-order valence-electron chi connectivity index (χ4n) is 2.86. The summed E-state index contributed by atoms with van der Waals surface area (Å²) in [5.41, 5.74) is 2.50. The Hall–Kier alpha value is -1.59. The van der Waals surface area contributed by atoms with Gasteiger partial charge in [-0.2, -0.15) is 0 Å². The van der Waals surface area contributed by atoms with Crippen LogP contribution in [0.4, 0.5) is 0 Å². The van der Waals surface area contributed by atoms with Crippen molar-refractivity contribution in [1.82, 2.24) is 15.5 Å². The van der Waals surface area contributed by atoms with E-state index in [2.05, 4.69) is 58.6 Å². The second-order valence-electron chi connectivity index (χ2n) is 6.53. The van der Waals surface area contributed by atoms with Crippen LogP contribution in [0.2, 0.25) is 0 Å². The SMILES string of the molecule is CCNC(=NCc1ccc(C)cc1)NCCCN1CCC(O)CC1. The summed E-state index contributed by atoms with van der Waals surface area (Å²) in [6, 6.07) is 8.52. The van der Waals surface area contributed by atoms with Gasteiger partial charge in [-0.1, -0.05) is 29.8 Å². The fourth-order valence-corrected chi connectivity index (χ4v) is 2.86. The molecule has 1 aliphatic heterocycles. The summed E-state index contributed by atoms with van der Waals surface area (Å²) in [6.45, 7) is 9.77. The van der Waals surface area contributed by atoms with Crippen molar-refractivity contribution < 1.29 is 5.11 Å². The van der Waals surface area contributed by atoms with Gasteiger partial charge in [-0.25, -0.2) is 4.99 Å². The van der Waals surface area contributed by atoms with E-state index in [9.17, 15) is 5.11 Å². The van der Waals surface area contributed by atoms with E-state index in [1.807, 2.05) is 0 Å². The van der Waals surface area contributed by atoms with Gasteiger partial charge in [-0.15, -0.1) is 0 Å². The normalized spacial score (nSPS) is 17.0. The molecule has 1 aromatic carbocycles. The van der Waals surface area contributed by atoms with E-state index in [0.29, 0.717) is 6.54 Å². The van der Waals surface area contributed by atoms with Gasteiger partial charge >= 0.3 is 0 Å². The molecule has 2 rings (SSSR count). The Balaban J connectivity index is 1.70. The molecule has 0 amide bonds. The second-order valence-corrected chi connectivity index (χ2v) is 6.53. The first kappa shape index (κ1) is 18.7. The largest absolute Gasteiger partial charge is 0.393 e. The predicted octanol–water partition coefficient (Wildman–Crippen LogP) is 1.90. The summed E-state index contributed by atoms with van der Waals surface area (Å²) in [6.07, 6.45) is 2.82. The van der Waals surface area contributed by atoms with Crippen molar-refractivity contribution in [3.05, 3.63) is 35.4 Å². The molecule has 3 N–H and O–H groups in total. The number of aryl methyl sites for hydroxylation is 1. The Kier molecular flexibility index (Phi) is 8.05. The second kappa shape index (κ2) is 10.3. The molecule has 0 bridgehead atoms. The summed E-state index contributed by atoms with van der Waals surface area (Å²) in [7, 11) is 0. The number of aliphatic hydroxyl groups excluding tert-OH is 1. The number of benzene rings is 1. The lowest BCUT2D eigenvalue weighted by Gasteiger charge is -2.29. The highest BCUT2D eigenvalue weighted by atomic mass is 16.3. The van der Waals surface area contributed by atoms with Gasteiger partial charge in [-0.05, 0) is 45.2 Å². The maximum Gasteiger partial charge on any atom is 0.191 e. The Labute approximate surface area is 146 Å². The lowest BCUT2D eigenvalue weighted by molar-refractivity contribution is 0.0823. The number of hydrogen-bond acceptors (Lipinski definition) is 3. The van der Waals surface area contributed by atoms with Gasteiger partial charge in [0.05, 0.1) is 12.6 Å². The molecule has 0 spiro atoms. The molecule has 0 unspecified atom stereocenters. The minimum Gasteiger partial charge on any atom is -0.393 e. The van der Waals surface area contributed by atoms with E-state index >= 15 is 0 Å². The van der Waals surface area contributed by atoms with Crippen LogP contribution < -0.4 is 10.6 Å². The number of nitrogens with one attached hydrogen (secondary N) is 2. The molecule has 0 atom stereocenters. The lowest BCUT2D eigenvalue weighted by atomic mass is 10.1. The average molecular weight is 332 g/mol. The summed E-state index contributed by atoms with van der Waals surface area (Å²) >= 11 is 0. The quantitative estimate of drug-likeness (QED) is 0.405. The van der Waals surface area contributed by atoms with Crippen molar-refractivity contribution in [2.75, 3.05) is 32.7 Å². The van der Waals surface area contributed by atoms with Crippen LogP contribution in [0.15, 0.2) is 29.3 Å². The standard InChI is InChI=1S/C19H32N4O/c1-3-20-19(22-15-17-7-5-16(2)6-8-17)21-11-4-12-23-13-9-18(24)10-14-23/h5-8,18,24H,3-4,9-15H2,1-2H3,(H2,20,21,22). The molecule has 1 heterocycles. The number of nitrogens with zero attached hydrogens (tertiary/aromatic N) is 2. The van der Waals surface area contributed by atoms with Crippen LogP contribution in [0.25, 0.3) is 0 Å². The Morgan fingerprint density at radius 3 is 2.58 bits per heavy atom. The van der Waals surface area contributed by atoms with Gasteiger partial charge in [0.1, 0.15) is 0 Å². The molecule has 1 aromatic rings. The number of rotatable bonds is 7. The summed E-state index contributed by atoms with van der Waals surface area (Å²) in [5.74, 6) is 0.882. The van der Waals surface area contributed by atoms with Crippen molar-refractivity contribution in [1.29, 1.82) is 0 Å². The predicted molar refractivity (Wildman–Crippen MR) is 100 cm³/mol. The highest BCUT2D eigenvalue weighted by Gasteiger charge is 2.15. The van der Waals surface area contributed by atoms with E-state index in [0.717, 1.165) is 57.9 Å². The number of guanidine groups is 1. The zero-order valence-electron chi connectivity index (χ0n) is 15.1. The zero-order valence-corrected chi connectivity index (χ0v) is 15.1. The molecule has 0 saturated carbocycles. The topological polar surface area (TPSA) is 59.9 Å². The Morgan fingerprint density at radius 2 is 1.92 bits per heavy atom. The molecule has 134 valence electrons. The van der Waals surface area contributed by atoms with Crippen molar-refractivity contribution in [2.45, 2.75) is 45.8 Å². The van der Waals surface area contributed by atoms with E-state index in [4.69, 9.17) is 0 Å². The maximum atomic E-state index is 9.54. The third-order valence-electron chi connectivity index (χ3n) is 4.39. The zero-order chi connectivity index (χ0) is 17.2. The molecule has 5 nitrogen and oxygen atoms in total. The third-order valence-corrected chi connectivity index (χ3v) is 4.39. The van der Waals surface area contributed by atoms with Crippen molar-refractivity contribution >= 4 is 5.96 Å². The fraction of sp³-hybridized carbons (Fsp3) is 0.632. The van der Waals surface area contributed by atoms with Crippen LogP contribution in [0, 0.1) is 6.92 Å². The van der Waals surface area contributed by atoms with Crippen LogP contribution in [-0.2, 0) is 6.54 Å². The van der Waals surface area contributed by atoms with Crippen molar-refractivity contribution in [3.63, 3.8) is 0 Å². The van der Waals surface area contributed by atoms with Gasteiger partial charge < -0.3 is 20.6 Å². The summed E-state index contributed by atoms with van der Waals surface area (Å²) < 4.78 is 0. The molecule has 0 aromatic heterocycles. The van der Waals surface area contributed by atoms with Crippen LogP contribution in [0.3, 0.4) is 0 Å². The van der Waals surface area contributed by atoms with E-state index in [-0.39, 0.29) is 6.10 Å². The summed E-state index contributed by atoms with van der Waals surface area (Å²) in [4.78, 5) is 7.09. The van der Waals surface area contributed by atoms with Gasteiger partial charge in [0.2, 0.25) is 0 Å². The number of aliphatic imine (C=N–C) groups is 1. The van der Waals surface area contributed by atoms with Gasteiger partial charge in [0, 0.05) is 26.2 Å². The third kappa shape index (κ3) is 6.89. The first-order valence-corrected chi connectivity index (χ1v) is 9.15. The first-order valence-electron chi connectivity index (χ1n) is 9.15. The number of piperidine rings is 1. The van der Waals surface area contributed by atoms with E-state index < -0.39 is 0 Å². The van der Waals surface area contributed by atoms with E-state index in [1.54, 1.807) is 0 Å². The highest BCUT2D eigenvalue weighted by molar-refractivity contribution is 5.79. The minimum atomic E-state index is -0.0892. The molecule has 0 aliphatic carbocycles. The molecule has 24 heavy (non-hydrogen) atoms. The monoisotopic (exact) mass is 332 g/mol. The maximum absolute atomic E-state index is 9.54. The number of hydrogen-bond donors (Lipinski definition) is 3. The first-order chi connectivity index (χ1) is 11.7.